The molecule has 0 aromatic heterocycles. The normalized spacial score (nSPS) is 28.4. The van der Waals surface area contributed by atoms with Crippen LogP contribution in [0.3, 0.4) is 0 Å². The van der Waals surface area contributed by atoms with Crippen molar-refractivity contribution in [2.75, 3.05) is 5.32 Å². The van der Waals surface area contributed by atoms with E-state index in [-0.39, 0.29) is 0 Å². The molecule has 0 saturated heterocycles. The van der Waals surface area contributed by atoms with Gasteiger partial charge in [0.15, 0.2) is 0 Å². The van der Waals surface area contributed by atoms with E-state index in [9.17, 15) is 0 Å². The Hall–Kier alpha value is -1.42. The summed E-state index contributed by atoms with van der Waals surface area (Å²) in [6.07, 6.45) is 9.28. The van der Waals surface area contributed by atoms with Crippen molar-refractivity contribution in [3.63, 3.8) is 0 Å². The predicted molar refractivity (Wildman–Crippen MR) is 74.0 cm³/mol. The molecule has 0 heterocycles. The van der Waals surface area contributed by atoms with Crippen LogP contribution in [-0.2, 0) is 0 Å². The lowest BCUT2D eigenvalue weighted by Crippen LogP contribution is -2.30. The molecule has 1 saturated carbocycles. The van der Waals surface area contributed by atoms with Gasteiger partial charge in [0, 0.05) is 17.3 Å². The first-order chi connectivity index (χ1) is 8.19. The van der Waals surface area contributed by atoms with Crippen LogP contribution in [0.5, 0.6) is 0 Å². The molecule has 3 unspecified atom stereocenters. The van der Waals surface area contributed by atoms with Crippen LogP contribution in [0.1, 0.15) is 38.7 Å². The van der Waals surface area contributed by atoms with Gasteiger partial charge in [-0.05, 0) is 49.3 Å². The van der Waals surface area contributed by atoms with Crippen LogP contribution in [0, 0.1) is 24.2 Å². The highest BCUT2D eigenvalue weighted by molar-refractivity contribution is 5.50. The average molecular weight is 227 g/mol. The number of hydrogen-bond donors (Lipinski definition) is 1. The Bertz CT molecular complexity index is 416. The SMILES string of the molecule is C#Cc1cccc(NC2CCC(C)C(C)C2)c1. The molecule has 1 heteroatoms. The Morgan fingerprint density at radius 2 is 2.06 bits per heavy atom. The van der Waals surface area contributed by atoms with E-state index in [0.29, 0.717) is 6.04 Å². The second-order valence-electron chi connectivity index (χ2n) is 5.33. The van der Waals surface area contributed by atoms with Crippen molar-refractivity contribution in [1.82, 2.24) is 0 Å². The van der Waals surface area contributed by atoms with E-state index in [0.717, 1.165) is 23.1 Å². The molecule has 0 radical (unpaired) electrons. The molecule has 2 rings (SSSR count). The Labute approximate surface area is 105 Å². The molecule has 0 bridgehead atoms. The van der Waals surface area contributed by atoms with Crippen molar-refractivity contribution >= 4 is 5.69 Å². The molecular formula is C16H21N. The molecule has 1 fully saturated rings. The van der Waals surface area contributed by atoms with Crippen LogP contribution in [0.15, 0.2) is 24.3 Å². The zero-order chi connectivity index (χ0) is 12.3. The summed E-state index contributed by atoms with van der Waals surface area (Å²) in [7, 11) is 0. The van der Waals surface area contributed by atoms with E-state index in [1.165, 1.54) is 19.3 Å². The smallest absolute Gasteiger partial charge is 0.0354 e. The standard InChI is InChI=1S/C16H21N/c1-4-14-6-5-7-15(11-14)17-16-9-8-12(2)13(3)10-16/h1,5-7,11-13,16-17H,8-10H2,2-3H3. The highest BCUT2D eigenvalue weighted by Gasteiger charge is 2.24. The summed E-state index contributed by atoms with van der Waals surface area (Å²) in [5.41, 5.74) is 2.11. The fourth-order valence-electron chi connectivity index (χ4n) is 2.61. The Kier molecular flexibility index (Phi) is 3.74. The highest BCUT2D eigenvalue weighted by Crippen LogP contribution is 2.31. The number of benzene rings is 1. The summed E-state index contributed by atoms with van der Waals surface area (Å²) in [4.78, 5) is 0. The van der Waals surface area contributed by atoms with Gasteiger partial charge in [-0.25, -0.2) is 0 Å². The molecule has 0 spiro atoms. The molecular weight excluding hydrogens is 206 g/mol. The van der Waals surface area contributed by atoms with E-state index in [2.05, 4.69) is 37.2 Å². The largest absolute Gasteiger partial charge is 0.382 e. The molecule has 3 atom stereocenters. The van der Waals surface area contributed by atoms with Crippen molar-refractivity contribution in [2.24, 2.45) is 11.8 Å². The third kappa shape index (κ3) is 3.03. The van der Waals surface area contributed by atoms with Gasteiger partial charge in [0.2, 0.25) is 0 Å². The molecule has 1 N–H and O–H groups in total. The summed E-state index contributed by atoms with van der Waals surface area (Å²) in [5.74, 6) is 4.36. The minimum Gasteiger partial charge on any atom is -0.382 e. The fraction of sp³-hybridized carbons (Fsp3) is 0.500. The number of hydrogen-bond acceptors (Lipinski definition) is 1. The number of anilines is 1. The van der Waals surface area contributed by atoms with Crippen LogP contribution < -0.4 is 5.32 Å². The molecule has 1 aliphatic carbocycles. The highest BCUT2D eigenvalue weighted by atomic mass is 14.9. The lowest BCUT2D eigenvalue weighted by Gasteiger charge is -2.33. The number of terminal acetylenes is 1. The molecule has 1 aliphatic rings. The van der Waals surface area contributed by atoms with Gasteiger partial charge in [-0.2, -0.15) is 0 Å². The lowest BCUT2D eigenvalue weighted by atomic mass is 9.79. The van der Waals surface area contributed by atoms with Crippen LogP contribution in [0.2, 0.25) is 0 Å². The van der Waals surface area contributed by atoms with E-state index < -0.39 is 0 Å². The first-order valence-corrected chi connectivity index (χ1v) is 6.52. The van der Waals surface area contributed by atoms with Crippen molar-refractivity contribution in [3.05, 3.63) is 29.8 Å². The number of rotatable bonds is 2. The molecule has 1 aromatic rings. The minimum atomic E-state index is 0.606. The Balaban J connectivity index is 1.99. The van der Waals surface area contributed by atoms with Gasteiger partial charge in [0.05, 0.1) is 0 Å². The average Bonchev–Trinajstić information content (AvgIpc) is 2.34. The van der Waals surface area contributed by atoms with Gasteiger partial charge in [-0.1, -0.05) is 25.8 Å². The van der Waals surface area contributed by atoms with Gasteiger partial charge in [0.25, 0.3) is 0 Å². The van der Waals surface area contributed by atoms with Gasteiger partial charge in [-0.3, -0.25) is 0 Å². The first-order valence-electron chi connectivity index (χ1n) is 6.52. The molecule has 0 aliphatic heterocycles. The minimum absolute atomic E-state index is 0.606. The van der Waals surface area contributed by atoms with Gasteiger partial charge < -0.3 is 5.32 Å². The second-order valence-corrected chi connectivity index (χ2v) is 5.33. The quantitative estimate of drug-likeness (QED) is 0.755. The Morgan fingerprint density at radius 3 is 2.76 bits per heavy atom. The van der Waals surface area contributed by atoms with Crippen LogP contribution >= 0.6 is 0 Å². The maximum absolute atomic E-state index is 5.41. The van der Waals surface area contributed by atoms with Crippen molar-refractivity contribution in [2.45, 2.75) is 39.2 Å². The maximum Gasteiger partial charge on any atom is 0.0354 e. The monoisotopic (exact) mass is 227 g/mol. The van der Waals surface area contributed by atoms with E-state index >= 15 is 0 Å². The topological polar surface area (TPSA) is 12.0 Å². The maximum atomic E-state index is 5.41. The van der Waals surface area contributed by atoms with E-state index in [4.69, 9.17) is 6.42 Å². The third-order valence-electron chi connectivity index (χ3n) is 4.00. The zero-order valence-electron chi connectivity index (χ0n) is 10.7. The zero-order valence-corrected chi connectivity index (χ0v) is 10.7. The molecule has 1 nitrogen and oxygen atoms in total. The van der Waals surface area contributed by atoms with Crippen molar-refractivity contribution in [3.8, 4) is 12.3 Å². The summed E-state index contributed by atoms with van der Waals surface area (Å²) in [6, 6.07) is 8.75. The van der Waals surface area contributed by atoms with Crippen LogP contribution in [-0.4, -0.2) is 6.04 Å². The number of nitrogens with one attached hydrogen (secondary N) is 1. The van der Waals surface area contributed by atoms with Crippen LogP contribution in [0.4, 0.5) is 5.69 Å². The molecule has 90 valence electrons. The van der Waals surface area contributed by atoms with E-state index in [1.807, 2.05) is 12.1 Å². The molecule has 17 heavy (non-hydrogen) atoms. The van der Waals surface area contributed by atoms with Gasteiger partial charge >= 0.3 is 0 Å². The summed E-state index contributed by atoms with van der Waals surface area (Å²) >= 11 is 0. The van der Waals surface area contributed by atoms with Crippen LogP contribution in [0.25, 0.3) is 0 Å². The Morgan fingerprint density at radius 1 is 1.24 bits per heavy atom. The van der Waals surface area contributed by atoms with Gasteiger partial charge in [0.1, 0.15) is 0 Å². The molecule has 1 aromatic carbocycles. The predicted octanol–water partition coefficient (Wildman–Crippen LogP) is 3.90. The summed E-state index contributed by atoms with van der Waals surface area (Å²) in [5, 5.41) is 3.61. The summed E-state index contributed by atoms with van der Waals surface area (Å²) < 4.78 is 0. The third-order valence-corrected chi connectivity index (χ3v) is 4.00. The summed E-state index contributed by atoms with van der Waals surface area (Å²) in [6.45, 7) is 4.72. The fourth-order valence-corrected chi connectivity index (χ4v) is 2.61. The van der Waals surface area contributed by atoms with Crippen molar-refractivity contribution < 1.29 is 0 Å². The van der Waals surface area contributed by atoms with E-state index in [1.54, 1.807) is 0 Å². The second kappa shape index (κ2) is 5.27. The van der Waals surface area contributed by atoms with Crippen molar-refractivity contribution in [1.29, 1.82) is 0 Å². The first kappa shape index (κ1) is 12.0. The molecule has 0 amide bonds. The van der Waals surface area contributed by atoms with Gasteiger partial charge in [-0.15, -0.1) is 6.42 Å². The lowest BCUT2D eigenvalue weighted by molar-refractivity contribution is 0.261.